The minimum absolute atomic E-state index is 0.218. The predicted molar refractivity (Wildman–Crippen MR) is 75.5 cm³/mol. The molecule has 0 radical (unpaired) electrons. The molecule has 0 atom stereocenters. The molecular weight excluding hydrogens is 289 g/mol. The Morgan fingerprint density at radius 1 is 1.27 bits per heavy atom. The number of halogens is 1. The standard InChI is InChI=1S/C16H16FNO4/c1-3-22-16(21)13-8-14(11-4-6-12(17)7-5-11)18(10(13)2)9-15(19)20/h4-8H,3,9H2,1-2H3,(H,19,20)/p-1. The Morgan fingerprint density at radius 3 is 2.45 bits per heavy atom. The highest BCUT2D eigenvalue weighted by atomic mass is 19.1. The van der Waals surface area contributed by atoms with Crippen molar-refractivity contribution in [2.75, 3.05) is 6.61 Å². The third-order valence-electron chi connectivity index (χ3n) is 3.29. The monoisotopic (exact) mass is 304 g/mol. The number of rotatable bonds is 5. The molecule has 0 saturated carbocycles. The average Bonchev–Trinajstić information content (AvgIpc) is 2.77. The first-order chi connectivity index (χ1) is 10.4. The fourth-order valence-electron chi connectivity index (χ4n) is 2.25. The van der Waals surface area contributed by atoms with E-state index < -0.39 is 24.3 Å². The Bertz CT molecular complexity index is 704. The van der Waals surface area contributed by atoms with Crippen LogP contribution in [0.15, 0.2) is 30.3 Å². The van der Waals surface area contributed by atoms with Crippen LogP contribution in [-0.4, -0.2) is 23.1 Å². The summed E-state index contributed by atoms with van der Waals surface area (Å²) < 4.78 is 19.4. The molecule has 0 spiro atoms. The number of nitrogens with zero attached hydrogens (tertiary/aromatic N) is 1. The average molecular weight is 304 g/mol. The highest BCUT2D eigenvalue weighted by Gasteiger charge is 2.19. The van der Waals surface area contributed by atoms with Crippen molar-refractivity contribution >= 4 is 11.9 Å². The summed E-state index contributed by atoms with van der Waals surface area (Å²) in [5, 5.41) is 11.0. The van der Waals surface area contributed by atoms with Gasteiger partial charge in [0.05, 0.1) is 24.7 Å². The van der Waals surface area contributed by atoms with Gasteiger partial charge in [0.2, 0.25) is 0 Å². The maximum atomic E-state index is 13.0. The highest BCUT2D eigenvalue weighted by Crippen LogP contribution is 2.26. The number of carbonyl (C=O) groups excluding carboxylic acids is 2. The zero-order valence-corrected chi connectivity index (χ0v) is 12.3. The smallest absolute Gasteiger partial charge is 0.339 e. The molecule has 1 heterocycles. The number of carboxylic acid groups (broad SMARTS) is 1. The van der Waals surface area contributed by atoms with E-state index in [9.17, 15) is 19.1 Å². The topological polar surface area (TPSA) is 71.4 Å². The Labute approximate surface area is 126 Å². The quantitative estimate of drug-likeness (QED) is 0.785. The van der Waals surface area contributed by atoms with E-state index in [4.69, 9.17) is 4.74 Å². The van der Waals surface area contributed by atoms with Crippen molar-refractivity contribution in [2.45, 2.75) is 20.4 Å². The van der Waals surface area contributed by atoms with E-state index in [1.54, 1.807) is 19.9 Å². The van der Waals surface area contributed by atoms with Crippen LogP contribution in [0.1, 0.15) is 23.0 Å². The van der Waals surface area contributed by atoms with Crippen LogP contribution in [-0.2, 0) is 16.1 Å². The van der Waals surface area contributed by atoms with Crippen molar-refractivity contribution in [1.29, 1.82) is 0 Å². The normalized spacial score (nSPS) is 10.5. The molecule has 0 aliphatic carbocycles. The number of aromatic nitrogens is 1. The zero-order valence-electron chi connectivity index (χ0n) is 12.3. The van der Waals surface area contributed by atoms with Crippen LogP contribution in [0.5, 0.6) is 0 Å². The molecule has 0 saturated heterocycles. The van der Waals surface area contributed by atoms with Crippen molar-refractivity contribution in [3.05, 3.63) is 47.4 Å². The van der Waals surface area contributed by atoms with E-state index >= 15 is 0 Å². The van der Waals surface area contributed by atoms with Crippen molar-refractivity contribution in [3.8, 4) is 11.3 Å². The van der Waals surface area contributed by atoms with Crippen molar-refractivity contribution in [2.24, 2.45) is 0 Å². The lowest BCUT2D eigenvalue weighted by atomic mass is 10.1. The Balaban J connectivity index is 2.55. The van der Waals surface area contributed by atoms with E-state index in [0.717, 1.165) is 0 Å². The Kier molecular flexibility index (Phi) is 4.60. The summed E-state index contributed by atoms with van der Waals surface area (Å²) in [6.07, 6.45) is 0. The van der Waals surface area contributed by atoms with Crippen LogP contribution in [0.4, 0.5) is 4.39 Å². The lowest BCUT2D eigenvalue weighted by molar-refractivity contribution is -0.306. The molecule has 0 aliphatic heterocycles. The zero-order chi connectivity index (χ0) is 16.3. The maximum absolute atomic E-state index is 13.0. The molecule has 1 aromatic heterocycles. The van der Waals surface area contributed by atoms with Crippen LogP contribution in [0.3, 0.4) is 0 Å². The summed E-state index contributed by atoms with van der Waals surface area (Å²) in [6.45, 7) is 3.13. The van der Waals surface area contributed by atoms with E-state index in [0.29, 0.717) is 17.0 Å². The van der Waals surface area contributed by atoms with Gasteiger partial charge in [0.1, 0.15) is 5.82 Å². The fourth-order valence-corrected chi connectivity index (χ4v) is 2.25. The molecule has 2 rings (SSSR count). The van der Waals surface area contributed by atoms with Crippen LogP contribution < -0.4 is 5.11 Å². The molecule has 5 nitrogen and oxygen atoms in total. The lowest BCUT2D eigenvalue weighted by Crippen LogP contribution is -2.28. The molecule has 6 heteroatoms. The SMILES string of the molecule is CCOC(=O)c1cc(-c2ccc(F)cc2)n(CC(=O)[O-])c1C. The van der Waals surface area contributed by atoms with Gasteiger partial charge in [-0.15, -0.1) is 0 Å². The number of benzene rings is 1. The largest absolute Gasteiger partial charge is 0.548 e. The van der Waals surface area contributed by atoms with Gasteiger partial charge < -0.3 is 19.2 Å². The summed E-state index contributed by atoms with van der Waals surface area (Å²) in [5.41, 5.74) is 1.83. The highest BCUT2D eigenvalue weighted by molar-refractivity contribution is 5.93. The van der Waals surface area contributed by atoms with Crippen LogP contribution in [0.25, 0.3) is 11.3 Å². The van der Waals surface area contributed by atoms with Crippen LogP contribution >= 0.6 is 0 Å². The lowest BCUT2D eigenvalue weighted by Gasteiger charge is -2.12. The van der Waals surface area contributed by atoms with E-state index in [1.807, 2.05) is 0 Å². The molecule has 1 aromatic carbocycles. The number of hydrogen-bond donors (Lipinski definition) is 0. The molecule has 0 fully saturated rings. The summed E-state index contributed by atoms with van der Waals surface area (Å²) in [4.78, 5) is 22.9. The Hall–Kier alpha value is -2.63. The number of carbonyl (C=O) groups is 2. The van der Waals surface area contributed by atoms with E-state index in [2.05, 4.69) is 0 Å². The van der Waals surface area contributed by atoms with Crippen molar-refractivity contribution in [3.63, 3.8) is 0 Å². The first-order valence-electron chi connectivity index (χ1n) is 6.77. The molecule has 116 valence electrons. The van der Waals surface area contributed by atoms with Gasteiger partial charge in [-0.25, -0.2) is 9.18 Å². The van der Waals surface area contributed by atoms with Gasteiger partial charge in [-0.3, -0.25) is 0 Å². The Morgan fingerprint density at radius 2 is 1.91 bits per heavy atom. The number of hydrogen-bond acceptors (Lipinski definition) is 4. The molecule has 0 bridgehead atoms. The molecule has 2 aromatic rings. The maximum Gasteiger partial charge on any atom is 0.339 e. The second-order valence-electron chi connectivity index (χ2n) is 4.71. The molecule has 0 unspecified atom stereocenters. The second-order valence-corrected chi connectivity index (χ2v) is 4.71. The van der Waals surface area contributed by atoms with Gasteiger partial charge in [0.25, 0.3) is 0 Å². The number of carboxylic acids is 1. The molecule has 0 aliphatic rings. The van der Waals surface area contributed by atoms with Crippen molar-refractivity contribution < 1.29 is 23.8 Å². The van der Waals surface area contributed by atoms with Gasteiger partial charge in [-0.1, -0.05) is 0 Å². The van der Waals surface area contributed by atoms with Gasteiger partial charge >= 0.3 is 5.97 Å². The van der Waals surface area contributed by atoms with E-state index in [-0.39, 0.29) is 12.2 Å². The molecular formula is C16H15FNO4-. The number of ether oxygens (including phenoxy) is 1. The number of esters is 1. The second kappa shape index (κ2) is 6.43. The summed E-state index contributed by atoms with van der Waals surface area (Å²) >= 11 is 0. The third kappa shape index (κ3) is 3.16. The predicted octanol–water partition coefficient (Wildman–Crippen LogP) is 1.53. The van der Waals surface area contributed by atoms with Gasteiger partial charge in [-0.2, -0.15) is 0 Å². The molecule has 0 N–H and O–H groups in total. The molecule has 0 amide bonds. The van der Waals surface area contributed by atoms with Gasteiger partial charge in [0, 0.05) is 11.4 Å². The fraction of sp³-hybridized carbons (Fsp3) is 0.250. The minimum atomic E-state index is -1.28. The third-order valence-corrected chi connectivity index (χ3v) is 3.29. The van der Waals surface area contributed by atoms with Gasteiger partial charge in [-0.05, 0) is 49.7 Å². The minimum Gasteiger partial charge on any atom is -0.548 e. The summed E-state index contributed by atoms with van der Waals surface area (Å²) in [7, 11) is 0. The van der Waals surface area contributed by atoms with Crippen molar-refractivity contribution in [1.82, 2.24) is 4.57 Å². The van der Waals surface area contributed by atoms with Crippen LogP contribution in [0.2, 0.25) is 0 Å². The molecule has 22 heavy (non-hydrogen) atoms. The van der Waals surface area contributed by atoms with Gasteiger partial charge in [0.15, 0.2) is 0 Å². The summed E-state index contributed by atoms with van der Waals surface area (Å²) in [6, 6.07) is 7.12. The number of aliphatic carboxylic acids is 1. The van der Waals surface area contributed by atoms with E-state index in [1.165, 1.54) is 28.8 Å². The van der Waals surface area contributed by atoms with Crippen LogP contribution in [0, 0.1) is 12.7 Å². The summed E-state index contributed by atoms with van der Waals surface area (Å²) in [5.74, 6) is -2.21. The first kappa shape index (κ1) is 15.8. The first-order valence-corrected chi connectivity index (χ1v) is 6.77.